The normalized spacial score (nSPS) is 15.8. The number of hydrogen-bond donors (Lipinski definition) is 2. The molecule has 0 aromatic carbocycles. The van der Waals surface area contributed by atoms with Crippen LogP contribution in [-0.4, -0.2) is 39.9 Å². The number of rotatable bonds is 6. The molecule has 0 atom stereocenters. The van der Waals surface area contributed by atoms with Crippen molar-refractivity contribution in [2.24, 2.45) is 4.99 Å². The quantitative estimate of drug-likeness (QED) is 0.572. The van der Waals surface area contributed by atoms with Gasteiger partial charge in [-0.2, -0.15) is 0 Å². The minimum absolute atomic E-state index is 0.629. The van der Waals surface area contributed by atoms with E-state index in [-0.39, 0.29) is 0 Å². The molecule has 0 spiro atoms. The lowest BCUT2D eigenvalue weighted by atomic mass is 10.4. The predicted molar refractivity (Wildman–Crippen MR) is 71.5 cm³/mol. The molecular formula is C12H22N6. The molecular weight excluding hydrogens is 228 g/mol. The highest BCUT2D eigenvalue weighted by molar-refractivity contribution is 5.80. The molecule has 1 aliphatic rings. The van der Waals surface area contributed by atoms with Crippen LogP contribution in [0.5, 0.6) is 0 Å². The van der Waals surface area contributed by atoms with Gasteiger partial charge in [-0.3, -0.25) is 4.99 Å². The van der Waals surface area contributed by atoms with E-state index in [4.69, 9.17) is 0 Å². The van der Waals surface area contributed by atoms with Gasteiger partial charge < -0.3 is 15.2 Å². The fourth-order valence-electron chi connectivity index (χ4n) is 1.75. The topological polar surface area (TPSA) is 67.1 Å². The SMILES string of the molecule is CCNC(=NCCn1cnnc1CC)NC1CC1. The average Bonchev–Trinajstić information content (AvgIpc) is 3.06. The Morgan fingerprint density at radius 3 is 3.00 bits per heavy atom. The molecule has 0 saturated heterocycles. The van der Waals surface area contributed by atoms with Crippen LogP contribution in [-0.2, 0) is 13.0 Å². The molecule has 0 radical (unpaired) electrons. The molecule has 1 aromatic rings. The van der Waals surface area contributed by atoms with Crippen molar-refractivity contribution in [3.8, 4) is 0 Å². The largest absolute Gasteiger partial charge is 0.357 e. The van der Waals surface area contributed by atoms with Crippen LogP contribution in [0.4, 0.5) is 0 Å². The number of aromatic nitrogens is 3. The van der Waals surface area contributed by atoms with E-state index in [1.807, 2.05) is 0 Å². The van der Waals surface area contributed by atoms with E-state index in [0.717, 1.165) is 37.8 Å². The lowest BCUT2D eigenvalue weighted by Crippen LogP contribution is -2.38. The first kappa shape index (κ1) is 12.9. The van der Waals surface area contributed by atoms with Crippen LogP contribution in [0.2, 0.25) is 0 Å². The van der Waals surface area contributed by atoms with Crippen molar-refractivity contribution in [2.45, 2.75) is 45.7 Å². The average molecular weight is 250 g/mol. The standard InChI is InChI=1S/C12H22N6/c1-3-11-17-15-9-18(11)8-7-14-12(13-4-2)16-10-5-6-10/h9-10H,3-8H2,1-2H3,(H2,13,14,16). The molecule has 18 heavy (non-hydrogen) atoms. The van der Waals surface area contributed by atoms with E-state index < -0.39 is 0 Å². The number of guanidine groups is 1. The molecule has 6 heteroatoms. The molecule has 1 heterocycles. The van der Waals surface area contributed by atoms with Gasteiger partial charge in [0.15, 0.2) is 5.96 Å². The van der Waals surface area contributed by atoms with Crippen molar-refractivity contribution in [1.29, 1.82) is 0 Å². The second-order valence-corrected chi connectivity index (χ2v) is 4.47. The van der Waals surface area contributed by atoms with Crippen LogP contribution in [0.15, 0.2) is 11.3 Å². The third kappa shape index (κ3) is 3.72. The summed E-state index contributed by atoms with van der Waals surface area (Å²) in [7, 11) is 0. The Balaban J connectivity index is 1.83. The van der Waals surface area contributed by atoms with Crippen molar-refractivity contribution in [3.05, 3.63) is 12.2 Å². The van der Waals surface area contributed by atoms with E-state index >= 15 is 0 Å². The highest BCUT2D eigenvalue weighted by Crippen LogP contribution is 2.18. The molecule has 0 amide bonds. The molecule has 1 aromatic heterocycles. The van der Waals surface area contributed by atoms with Crippen LogP contribution in [0.25, 0.3) is 0 Å². The number of aliphatic imine (C=N–C) groups is 1. The van der Waals surface area contributed by atoms with Gasteiger partial charge in [0.05, 0.1) is 6.54 Å². The maximum Gasteiger partial charge on any atom is 0.191 e. The Morgan fingerprint density at radius 2 is 2.33 bits per heavy atom. The van der Waals surface area contributed by atoms with E-state index in [2.05, 4.69) is 44.2 Å². The van der Waals surface area contributed by atoms with E-state index in [0.29, 0.717) is 6.04 Å². The summed E-state index contributed by atoms with van der Waals surface area (Å²) in [6.45, 7) is 6.64. The van der Waals surface area contributed by atoms with E-state index in [1.165, 1.54) is 12.8 Å². The molecule has 2 N–H and O–H groups in total. The summed E-state index contributed by atoms with van der Waals surface area (Å²) in [6, 6.07) is 0.629. The summed E-state index contributed by atoms with van der Waals surface area (Å²) in [6.07, 6.45) is 5.20. The van der Waals surface area contributed by atoms with Gasteiger partial charge in [0.25, 0.3) is 0 Å². The Labute approximate surface area is 108 Å². The second-order valence-electron chi connectivity index (χ2n) is 4.47. The summed E-state index contributed by atoms with van der Waals surface area (Å²) < 4.78 is 2.06. The molecule has 0 aliphatic heterocycles. The van der Waals surface area contributed by atoms with Crippen molar-refractivity contribution in [1.82, 2.24) is 25.4 Å². The molecule has 1 saturated carbocycles. The van der Waals surface area contributed by atoms with Crippen LogP contribution < -0.4 is 10.6 Å². The lowest BCUT2D eigenvalue weighted by molar-refractivity contribution is 0.661. The molecule has 0 unspecified atom stereocenters. The summed E-state index contributed by atoms with van der Waals surface area (Å²) in [4.78, 5) is 4.56. The van der Waals surface area contributed by atoms with Crippen LogP contribution >= 0.6 is 0 Å². The zero-order chi connectivity index (χ0) is 12.8. The van der Waals surface area contributed by atoms with Gasteiger partial charge in [-0.15, -0.1) is 10.2 Å². The van der Waals surface area contributed by atoms with Gasteiger partial charge in [0.2, 0.25) is 0 Å². The van der Waals surface area contributed by atoms with Gasteiger partial charge in [0.1, 0.15) is 12.2 Å². The van der Waals surface area contributed by atoms with Crippen molar-refractivity contribution < 1.29 is 0 Å². The number of hydrogen-bond acceptors (Lipinski definition) is 3. The van der Waals surface area contributed by atoms with Crippen molar-refractivity contribution >= 4 is 5.96 Å². The maximum atomic E-state index is 4.56. The first-order valence-electron chi connectivity index (χ1n) is 6.75. The third-order valence-electron chi connectivity index (χ3n) is 2.89. The Hall–Kier alpha value is -1.59. The predicted octanol–water partition coefficient (Wildman–Crippen LogP) is 0.558. The molecule has 2 rings (SSSR count). The molecule has 0 bridgehead atoms. The van der Waals surface area contributed by atoms with Gasteiger partial charge in [-0.1, -0.05) is 6.92 Å². The fourth-order valence-corrected chi connectivity index (χ4v) is 1.75. The van der Waals surface area contributed by atoms with E-state index in [9.17, 15) is 0 Å². The highest BCUT2D eigenvalue weighted by Gasteiger charge is 2.21. The molecule has 1 aliphatic carbocycles. The molecule has 6 nitrogen and oxygen atoms in total. The summed E-state index contributed by atoms with van der Waals surface area (Å²) in [5, 5.41) is 14.6. The van der Waals surface area contributed by atoms with Gasteiger partial charge in [-0.05, 0) is 19.8 Å². The monoisotopic (exact) mass is 250 g/mol. The highest BCUT2D eigenvalue weighted by atomic mass is 15.3. The minimum atomic E-state index is 0.629. The Kier molecular flexibility index (Phi) is 4.55. The number of nitrogens with zero attached hydrogens (tertiary/aromatic N) is 4. The van der Waals surface area contributed by atoms with Crippen LogP contribution in [0, 0.1) is 0 Å². The maximum absolute atomic E-state index is 4.56. The smallest absolute Gasteiger partial charge is 0.191 e. The first-order chi connectivity index (χ1) is 8.83. The Bertz CT molecular complexity index is 393. The number of aryl methyl sites for hydroxylation is 1. The van der Waals surface area contributed by atoms with Crippen molar-refractivity contribution in [3.63, 3.8) is 0 Å². The van der Waals surface area contributed by atoms with Gasteiger partial charge >= 0.3 is 0 Å². The van der Waals surface area contributed by atoms with Crippen LogP contribution in [0.3, 0.4) is 0 Å². The summed E-state index contributed by atoms with van der Waals surface area (Å²) >= 11 is 0. The van der Waals surface area contributed by atoms with Gasteiger partial charge in [0, 0.05) is 25.6 Å². The number of nitrogens with one attached hydrogen (secondary N) is 2. The fraction of sp³-hybridized carbons (Fsp3) is 0.750. The minimum Gasteiger partial charge on any atom is -0.357 e. The van der Waals surface area contributed by atoms with Crippen LogP contribution in [0.1, 0.15) is 32.5 Å². The van der Waals surface area contributed by atoms with Gasteiger partial charge in [-0.25, -0.2) is 0 Å². The summed E-state index contributed by atoms with van der Waals surface area (Å²) in [5.41, 5.74) is 0. The Morgan fingerprint density at radius 1 is 1.50 bits per heavy atom. The third-order valence-corrected chi connectivity index (χ3v) is 2.89. The van der Waals surface area contributed by atoms with E-state index in [1.54, 1.807) is 6.33 Å². The molecule has 100 valence electrons. The zero-order valence-corrected chi connectivity index (χ0v) is 11.2. The lowest BCUT2D eigenvalue weighted by Gasteiger charge is -2.10. The molecule has 1 fully saturated rings. The van der Waals surface area contributed by atoms with Crippen molar-refractivity contribution in [2.75, 3.05) is 13.1 Å². The zero-order valence-electron chi connectivity index (χ0n) is 11.2. The first-order valence-corrected chi connectivity index (χ1v) is 6.75. The second kappa shape index (κ2) is 6.37. The summed E-state index contributed by atoms with van der Waals surface area (Å²) in [5.74, 6) is 1.94.